The van der Waals surface area contributed by atoms with Gasteiger partial charge in [0.1, 0.15) is 0 Å². The molecule has 0 spiro atoms. The van der Waals surface area contributed by atoms with E-state index in [1.807, 2.05) is 24.0 Å². The number of carbonyl (C=O) groups is 2. The minimum Gasteiger partial charge on any atom is -0.349 e. The molecule has 1 atom stereocenters. The van der Waals surface area contributed by atoms with E-state index < -0.39 is 0 Å². The Balaban J connectivity index is 1.17. The van der Waals surface area contributed by atoms with E-state index in [9.17, 15) is 9.59 Å². The molecule has 0 aromatic heterocycles. The van der Waals surface area contributed by atoms with Crippen LogP contribution in [0.3, 0.4) is 0 Å². The summed E-state index contributed by atoms with van der Waals surface area (Å²) in [4.78, 5) is 30.0. The Bertz CT molecular complexity index is 798. The first-order chi connectivity index (χ1) is 14.4. The molecule has 0 unspecified atom stereocenters. The van der Waals surface area contributed by atoms with Gasteiger partial charge in [0, 0.05) is 31.7 Å². The summed E-state index contributed by atoms with van der Waals surface area (Å²) in [7, 11) is 0. The topological polar surface area (TPSA) is 52.7 Å². The highest BCUT2D eigenvalue weighted by Gasteiger charge is 2.51. The molecule has 1 saturated heterocycles. The lowest BCUT2D eigenvalue weighted by molar-refractivity contribution is -0.132. The minimum absolute atomic E-state index is 0.0223. The second-order valence-corrected chi connectivity index (χ2v) is 10.6. The summed E-state index contributed by atoms with van der Waals surface area (Å²) in [6, 6.07) is 7.05. The van der Waals surface area contributed by atoms with Gasteiger partial charge >= 0.3 is 0 Å². The van der Waals surface area contributed by atoms with Crippen molar-refractivity contribution in [2.75, 3.05) is 26.2 Å². The summed E-state index contributed by atoms with van der Waals surface area (Å²) in [6.07, 6.45) is 7.68. The van der Waals surface area contributed by atoms with Gasteiger partial charge in [-0.25, -0.2) is 0 Å². The molecular weight excluding hydrogens is 398 g/mol. The fourth-order valence-corrected chi connectivity index (χ4v) is 7.13. The lowest BCUT2D eigenvalue weighted by Crippen LogP contribution is -2.63. The highest BCUT2D eigenvalue weighted by molar-refractivity contribution is 6.33. The van der Waals surface area contributed by atoms with Crippen LogP contribution in [0.5, 0.6) is 0 Å². The van der Waals surface area contributed by atoms with Gasteiger partial charge in [0.2, 0.25) is 5.91 Å². The fraction of sp³-hybridized carbons (Fsp3) is 0.667. The maximum atomic E-state index is 13.2. The molecule has 4 saturated carbocycles. The first-order valence-corrected chi connectivity index (χ1v) is 11.9. The Morgan fingerprint density at radius 1 is 1.00 bits per heavy atom. The van der Waals surface area contributed by atoms with Gasteiger partial charge in [-0.3, -0.25) is 14.5 Å². The van der Waals surface area contributed by atoms with Crippen LogP contribution in [0.15, 0.2) is 24.3 Å². The lowest BCUT2D eigenvalue weighted by atomic mass is 9.53. The molecule has 1 heterocycles. The SMILES string of the molecule is C[C@H](C(=O)NC12CC3CC(CC(C3)C1)C2)N1CCN(C(=O)c2ccccc2Cl)CC1. The van der Waals surface area contributed by atoms with Gasteiger partial charge in [-0.15, -0.1) is 0 Å². The molecule has 6 heteroatoms. The predicted octanol–water partition coefficient (Wildman–Crippen LogP) is 3.57. The third-order valence-electron chi connectivity index (χ3n) is 8.06. The fourth-order valence-electron chi connectivity index (χ4n) is 6.91. The normalized spacial score (nSPS) is 34.1. The molecule has 1 N–H and O–H groups in total. The summed E-state index contributed by atoms with van der Waals surface area (Å²) >= 11 is 6.20. The number of carbonyl (C=O) groups excluding carboxylic acids is 2. The highest BCUT2D eigenvalue weighted by Crippen LogP contribution is 2.55. The van der Waals surface area contributed by atoms with Gasteiger partial charge in [-0.1, -0.05) is 23.7 Å². The Labute approximate surface area is 184 Å². The number of nitrogens with one attached hydrogen (secondary N) is 1. The number of rotatable bonds is 4. The molecule has 1 aliphatic heterocycles. The summed E-state index contributed by atoms with van der Waals surface area (Å²) in [5, 5.41) is 4.00. The molecule has 2 amide bonds. The molecule has 4 aliphatic carbocycles. The molecule has 0 radical (unpaired) electrons. The van der Waals surface area contributed by atoms with Crippen molar-refractivity contribution in [1.82, 2.24) is 15.1 Å². The van der Waals surface area contributed by atoms with E-state index >= 15 is 0 Å². The monoisotopic (exact) mass is 429 g/mol. The second kappa shape index (κ2) is 7.83. The van der Waals surface area contributed by atoms with Crippen LogP contribution in [0.4, 0.5) is 0 Å². The van der Waals surface area contributed by atoms with Crippen LogP contribution in [0.1, 0.15) is 55.8 Å². The van der Waals surface area contributed by atoms with Crippen molar-refractivity contribution in [2.45, 2.75) is 57.0 Å². The lowest BCUT2D eigenvalue weighted by Gasteiger charge is -2.57. The van der Waals surface area contributed by atoms with E-state index in [0.717, 1.165) is 17.8 Å². The van der Waals surface area contributed by atoms with E-state index in [2.05, 4.69) is 10.2 Å². The zero-order valence-corrected chi connectivity index (χ0v) is 18.5. The zero-order chi connectivity index (χ0) is 20.9. The zero-order valence-electron chi connectivity index (χ0n) is 17.8. The van der Waals surface area contributed by atoms with E-state index in [1.54, 1.807) is 12.1 Å². The first kappa shape index (κ1) is 20.3. The molecule has 5 aliphatic rings. The molecule has 1 aromatic rings. The van der Waals surface area contributed by atoms with Crippen LogP contribution in [-0.2, 0) is 4.79 Å². The molecule has 1 aromatic carbocycles. The van der Waals surface area contributed by atoms with Crippen molar-refractivity contribution in [3.63, 3.8) is 0 Å². The second-order valence-electron chi connectivity index (χ2n) is 10.2. The van der Waals surface area contributed by atoms with E-state index in [4.69, 9.17) is 11.6 Å². The molecule has 4 bridgehead atoms. The number of nitrogens with zero attached hydrogens (tertiary/aromatic N) is 2. The van der Waals surface area contributed by atoms with E-state index in [0.29, 0.717) is 36.8 Å². The molecule has 6 rings (SSSR count). The Kier molecular flexibility index (Phi) is 5.30. The third kappa shape index (κ3) is 3.75. The van der Waals surface area contributed by atoms with E-state index in [1.165, 1.54) is 38.5 Å². The van der Waals surface area contributed by atoms with Gasteiger partial charge in [-0.2, -0.15) is 0 Å². The van der Waals surface area contributed by atoms with Crippen molar-refractivity contribution >= 4 is 23.4 Å². The van der Waals surface area contributed by atoms with E-state index in [-0.39, 0.29) is 23.4 Å². The van der Waals surface area contributed by atoms with Crippen molar-refractivity contribution in [2.24, 2.45) is 17.8 Å². The Hall–Kier alpha value is -1.59. The van der Waals surface area contributed by atoms with Gasteiger partial charge in [-0.05, 0) is 75.3 Å². The van der Waals surface area contributed by atoms with Crippen molar-refractivity contribution in [1.29, 1.82) is 0 Å². The number of halogens is 1. The third-order valence-corrected chi connectivity index (χ3v) is 8.39. The van der Waals surface area contributed by atoms with Crippen molar-refractivity contribution in [3.8, 4) is 0 Å². The van der Waals surface area contributed by atoms with Gasteiger partial charge in [0.25, 0.3) is 5.91 Å². The molecule has 5 nitrogen and oxygen atoms in total. The molecular formula is C24H32ClN3O2. The van der Waals surface area contributed by atoms with Crippen LogP contribution in [-0.4, -0.2) is 59.4 Å². The number of amides is 2. The number of benzene rings is 1. The number of hydrogen-bond donors (Lipinski definition) is 1. The quantitative estimate of drug-likeness (QED) is 0.796. The average Bonchev–Trinajstić information content (AvgIpc) is 2.72. The van der Waals surface area contributed by atoms with Crippen molar-refractivity contribution < 1.29 is 9.59 Å². The first-order valence-electron chi connectivity index (χ1n) is 11.5. The van der Waals surface area contributed by atoms with Crippen LogP contribution in [0.2, 0.25) is 5.02 Å². The average molecular weight is 430 g/mol. The number of piperazine rings is 1. The molecule has 5 fully saturated rings. The summed E-state index contributed by atoms with van der Waals surface area (Å²) in [5.41, 5.74) is 0.613. The van der Waals surface area contributed by atoms with Crippen LogP contribution in [0.25, 0.3) is 0 Å². The predicted molar refractivity (Wildman–Crippen MR) is 117 cm³/mol. The number of hydrogen-bond acceptors (Lipinski definition) is 3. The van der Waals surface area contributed by atoms with Crippen LogP contribution < -0.4 is 5.32 Å². The van der Waals surface area contributed by atoms with Gasteiger partial charge in [0.15, 0.2) is 0 Å². The van der Waals surface area contributed by atoms with Crippen molar-refractivity contribution in [3.05, 3.63) is 34.9 Å². The standard InChI is InChI=1S/C24H32ClN3O2/c1-16(22(29)26-24-13-17-10-18(14-24)12-19(11-17)15-24)27-6-8-28(9-7-27)23(30)20-4-2-3-5-21(20)25/h2-5,16-19H,6-15H2,1H3,(H,26,29)/t16-,17?,18?,19?,24?/m1/s1. The maximum Gasteiger partial charge on any atom is 0.255 e. The smallest absolute Gasteiger partial charge is 0.255 e. The summed E-state index contributed by atoms with van der Waals surface area (Å²) in [5.74, 6) is 2.62. The minimum atomic E-state index is -0.157. The van der Waals surface area contributed by atoms with Gasteiger partial charge < -0.3 is 10.2 Å². The van der Waals surface area contributed by atoms with Crippen LogP contribution in [0, 0.1) is 17.8 Å². The summed E-state index contributed by atoms with van der Waals surface area (Å²) < 4.78 is 0. The van der Waals surface area contributed by atoms with Crippen LogP contribution >= 0.6 is 11.6 Å². The molecule has 30 heavy (non-hydrogen) atoms. The Morgan fingerprint density at radius 2 is 1.57 bits per heavy atom. The largest absolute Gasteiger partial charge is 0.349 e. The maximum absolute atomic E-state index is 13.2. The highest BCUT2D eigenvalue weighted by atomic mass is 35.5. The molecule has 162 valence electrons. The Morgan fingerprint density at radius 3 is 2.13 bits per heavy atom. The summed E-state index contributed by atoms with van der Waals surface area (Å²) in [6.45, 7) is 4.69. The van der Waals surface area contributed by atoms with Gasteiger partial charge in [0.05, 0.1) is 16.6 Å².